The Hall–Kier alpha value is -3.39. The molecule has 0 bridgehead atoms. The summed E-state index contributed by atoms with van der Waals surface area (Å²) in [6.45, 7) is 0. The van der Waals surface area contributed by atoms with Crippen molar-refractivity contribution < 1.29 is 24.2 Å². The van der Waals surface area contributed by atoms with Gasteiger partial charge < -0.3 is 10.2 Å². The average molecular weight is 430 g/mol. The molecule has 7 nitrogen and oxygen atoms in total. The van der Waals surface area contributed by atoms with Gasteiger partial charge in [-0.05, 0) is 36.1 Å². The molecule has 30 heavy (non-hydrogen) atoms. The van der Waals surface area contributed by atoms with Gasteiger partial charge in [-0.25, -0.2) is 9.18 Å². The van der Waals surface area contributed by atoms with Crippen molar-refractivity contribution >= 4 is 29.5 Å². The number of aliphatic carboxylic acids is 1. The van der Waals surface area contributed by atoms with E-state index in [2.05, 4.69) is 10.4 Å². The molecule has 1 aliphatic rings. The molecule has 3 aromatic rings. The molecule has 4 rings (SSSR count). The highest BCUT2D eigenvalue weighted by atomic mass is 35.5. The molecule has 154 valence electrons. The number of amides is 1. The zero-order valence-corrected chi connectivity index (χ0v) is 16.6. The van der Waals surface area contributed by atoms with Gasteiger partial charge in [-0.1, -0.05) is 35.9 Å². The first-order valence-corrected chi connectivity index (χ1v) is 9.46. The van der Waals surface area contributed by atoms with Gasteiger partial charge in [0.15, 0.2) is 0 Å². The number of aryl methyl sites for hydroxylation is 1. The zero-order valence-electron chi connectivity index (χ0n) is 15.8. The lowest BCUT2D eigenvalue weighted by Crippen LogP contribution is -2.19. The monoisotopic (exact) mass is 429 g/mol. The number of hydrogen-bond donors (Lipinski definition) is 3. The van der Waals surface area contributed by atoms with E-state index in [1.54, 1.807) is 24.3 Å². The van der Waals surface area contributed by atoms with Gasteiger partial charge in [0, 0.05) is 28.8 Å². The van der Waals surface area contributed by atoms with Crippen LogP contribution in [0.4, 0.5) is 15.0 Å². The largest absolute Gasteiger partial charge is 0.481 e. The van der Waals surface area contributed by atoms with Crippen LogP contribution in [0.3, 0.4) is 0 Å². The Bertz CT molecular complexity index is 1170. The van der Waals surface area contributed by atoms with Crippen LogP contribution in [-0.2, 0) is 17.3 Å². The first kappa shape index (κ1) is 19.9. The average Bonchev–Trinajstić information content (AvgIpc) is 3.44. The molecule has 1 aromatic heterocycles. The molecule has 9 heteroatoms. The van der Waals surface area contributed by atoms with Crippen molar-refractivity contribution in [2.45, 2.75) is 18.3 Å². The zero-order chi connectivity index (χ0) is 21.6. The summed E-state index contributed by atoms with van der Waals surface area (Å²) in [4.78, 5) is 22.5. The molecule has 0 unspecified atom stereocenters. The van der Waals surface area contributed by atoms with Crippen molar-refractivity contribution in [2.24, 2.45) is 7.05 Å². The van der Waals surface area contributed by atoms with Crippen LogP contribution >= 0.6 is 11.6 Å². The second-order valence-electron chi connectivity index (χ2n) is 7.24. The number of carboxylic acids is 1. The summed E-state index contributed by atoms with van der Waals surface area (Å²) in [5, 5.41) is 24.9. The van der Waals surface area contributed by atoms with Crippen molar-refractivity contribution in [1.29, 1.82) is 0 Å². The maximum absolute atomic E-state index is 15.0. The second-order valence-corrected chi connectivity index (χ2v) is 7.64. The van der Waals surface area contributed by atoms with Crippen LogP contribution in [0.25, 0.3) is 22.3 Å². The van der Waals surface area contributed by atoms with E-state index in [0.29, 0.717) is 29.5 Å². The lowest BCUT2D eigenvalue weighted by molar-refractivity contribution is -0.140. The van der Waals surface area contributed by atoms with E-state index in [4.69, 9.17) is 16.7 Å². The molecule has 1 saturated carbocycles. The predicted molar refractivity (Wildman–Crippen MR) is 109 cm³/mol. The van der Waals surface area contributed by atoms with Gasteiger partial charge >= 0.3 is 12.1 Å². The van der Waals surface area contributed by atoms with E-state index >= 15 is 0 Å². The maximum atomic E-state index is 15.0. The molecule has 1 fully saturated rings. The Morgan fingerprint density at radius 1 is 1.13 bits per heavy atom. The Kier molecular flexibility index (Phi) is 4.74. The number of halogens is 2. The van der Waals surface area contributed by atoms with E-state index in [9.17, 15) is 19.1 Å². The normalized spacial score (nSPS) is 14.4. The standard InChI is InChI=1S/C21H17ClFN3O4/c1-26-18(25-20(29)30)15(10-24-26)14-8-16(22)13(9-17(14)23)11-2-4-12(5-3-11)21(6-7-21)19(27)28/h2-5,8-10,25H,6-7H2,1H3,(H,27,28)(H,29,30). The molecule has 3 N–H and O–H groups in total. The predicted octanol–water partition coefficient (Wildman–Crippen LogP) is 4.75. The molecular weight excluding hydrogens is 413 g/mol. The Morgan fingerprint density at radius 2 is 1.80 bits per heavy atom. The molecule has 0 saturated heterocycles. The van der Waals surface area contributed by atoms with Gasteiger partial charge in [-0.15, -0.1) is 0 Å². The Labute approximate surface area is 175 Å². The Balaban J connectivity index is 1.71. The SMILES string of the molecule is Cn1ncc(-c2cc(Cl)c(-c3ccc(C4(C(=O)O)CC4)cc3)cc2F)c1NC(=O)O. The minimum Gasteiger partial charge on any atom is -0.481 e. The number of benzene rings is 2. The molecule has 2 aromatic carbocycles. The first-order chi connectivity index (χ1) is 14.2. The fraction of sp³-hybridized carbons (Fsp3) is 0.190. The third-order valence-corrected chi connectivity index (χ3v) is 5.73. The summed E-state index contributed by atoms with van der Waals surface area (Å²) < 4.78 is 16.3. The number of rotatable bonds is 5. The van der Waals surface area contributed by atoms with Crippen molar-refractivity contribution in [3.05, 3.63) is 59.0 Å². The van der Waals surface area contributed by atoms with Crippen molar-refractivity contribution in [3.8, 4) is 22.3 Å². The van der Waals surface area contributed by atoms with Crippen LogP contribution in [-0.4, -0.2) is 32.1 Å². The van der Waals surface area contributed by atoms with Gasteiger partial charge in [0.25, 0.3) is 0 Å². The number of nitrogens with one attached hydrogen (secondary N) is 1. The van der Waals surface area contributed by atoms with Crippen LogP contribution in [0.15, 0.2) is 42.6 Å². The highest BCUT2D eigenvalue weighted by molar-refractivity contribution is 6.33. The summed E-state index contributed by atoms with van der Waals surface area (Å²) in [7, 11) is 1.54. The molecular formula is C21H17ClFN3O4. The summed E-state index contributed by atoms with van der Waals surface area (Å²) in [5.41, 5.74) is 1.36. The van der Waals surface area contributed by atoms with Gasteiger partial charge in [0.1, 0.15) is 11.6 Å². The first-order valence-electron chi connectivity index (χ1n) is 9.08. The summed E-state index contributed by atoms with van der Waals surface area (Å²) in [6, 6.07) is 9.60. The van der Waals surface area contributed by atoms with Gasteiger partial charge in [0.05, 0.1) is 11.6 Å². The number of anilines is 1. The summed E-state index contributed by atoms with van der Waals surface area (Å²) in [6.07, 6.45) is 1.26. The number of carbonyl (C=O) groups is 2. The summed E-state index contributed by atoms with van der Waals surface area (Å²) >= 11 is 6.42. The van der Waals surface area contributed by atoms with Crippen LogP contribution in [0.2, 0.25) is 5.02 Å². The van der Waals surface area contributed by atoms with Crippen LogP contribution in [0, 0.1) is 5.82 Å². The van der Waals surface area contributed by atoms with Crippen molar-refractivity contribution in [3.63, 3.8) is 0 Å². The van der Waals surface area contributed by atoms with E-state index in [1.807, 2.05) is 0 Å². The highest BCUT2D eigenvalue weighted by Crippen LogP contribution is 2.49. The van der Waals surface area contributed by atoms with E-state index in [1.165, 1.54) is 30.1 Å². The molecule has 1 amide bonds. The number of hydrogen-bond acceptors (Lipinski definition) is 3. The quantitative estimate of drug-likeness (QED) is 0.542. The van der Waals surface area contributed by atoms with Gasteiger partial charge in [-0.3, -0.25) is 14.8 Å². The van der Waals surface area contributed by atoms with E-state index < -0.39 is 23.3 Å². The minimum atomic E-state index is -1.29. The maximum Gasteiger partial charge on any atom is 0.410 e. The lowest BCUT2D eigenvalue weighted by atomic mass is 9.93. The second kappa shape index (κ2) is 7.14. The van der Waals surface area contributed by atoms with E-state index in [0.717, 1.165) is 0 Å². The number of carboxylic acid groups (broad SMARTS) is 2. The molecule has 0 radical (unpaired) electrons. The van der Waals surface area contributed by atoms with Gasteiger partial charge in [0.2, 0.25) is 0 Å². The summed E-state index contributed by atoms with van der Waals surface area (Å²) in [5.74, 6) is -1.31. The van der Waals surface area contributed by atoms with Crippen LogP contribution in [0.1, 0.15) is 18.4 Å². The van der Waals surface area contributed by atoms with Gasteiger partial charge in [-0.2, -0.15) is 5.10 Å². The van der Waals surface area contributed by atoms with Crippen LogP contribution in [0.5, 0.6) is 0 Å². The number of nitrogens with zero attached hydrogens (tertiary/aromatic N) is 2. The molecule has 0 spiro atoms. The topological polar surface area (TPSA) is 104 Å². The minimum absolute atomic E-state index is 0.111. The van der Waals surface area contributed by atoms with Crippen molar-refractivity contribution in [2.75, 3.05) is 5.32 Å². The Morgan fingerprint density at radius 3 is 2.37 bits per heavy atom. The molecule has 0 atom stereocenters. The van der Waals surface area contributed by atoms with Crippen molar-refractivity contribution in [1.82, 2.24) is 9.78 Å². The van der Waals surface area contributed by atoms with E-state index in [-0.39, 0.29) is 22.0 Å². The molecule has 0 aliphatic heterocycles. The smallest absolute Gasteiger partial charge is 0.410 e. The fourth-order valence-electron chi connectivity index (χ4n) is 3.58. The fourth-order valence-corrected chi connectivity index (χ4v) is 3.85. The highest BCUT2D eigenvalue weighted by Gasteiger charge is 2.51. The third kappa shape index (κ3) is 3.29. The molecule has 1 heterocycles. The molecule has 1 aliphatic carbocycles. The van der Waals surface area contributed by atoms with Crippen LogP contribution < -0.4 is 5.32 Å². The number of aromatic nitrogens is 2. The third-order valence-electron chi connectivity index (χ3n) is 5.42. The lowest BCUT2D eigenvalue weighted by Gasteiger charge is -2.13.